The van der Waals surface area contributed by atoms with Crippen molar-refractivity contribution in [2.45, 2.75) is 36.0 Å². The summed E-state index contributed by atoms with van der Waals surface area (Å²) in [7, 11) is 0. The van der Waals surface area contributed by atoms with Gasteiger partial charge >= 0.3 is 0 Å². The fraction of sp³-hybridized carbons (Fsp3) is 0.455. The summed E-state index contributed by atoms with van der Waals surface area (Å²) in [5.74, 6) is -0.165. The van der Waals surface area contributed by atoms with Crippen LogP contribution in [-0.4, -0.2) is 16.5 Å². The highest BCUT2D eigenvalue weighted by atomic mass is 32.2. The molecular weight excluding hydrogens is 199 g/mol. The van der Waals surface area contributed by atoms with Gasteiger partial charge in [-0.1, -0.05) is 0 Å². The minimum Gasteiger partial charge on any atom is -0.393 e. The second-order valence-electron chi connectivity index (χ2n) is 3.78. The van der Waals surface area contributed by atoms with E-state index in [9.17, 15) is 9.50 Å². The average Bonchev–Trinajstić information content (AvgIpc) is 2.44. The summed E-state index contributed by atoms with van der Waals surface area (Å²) in [6.45, 7) is 1.80. The summed E-state index contributed by atoms with van der Waals surface area (Å²) < 4.78 is 12.9. The largest absolute Gasteiger partial charge is 0.393 e. The molecule has 0 saturated heterocycles. The van der Waals surface area contributed by atoms with Gasteiger partial charge in [-0.25, -0.2) is 4.39 Å². The standard InChI is InChI=1S/C11H13FOS/c1-7(13)4-10-6-8-5-9(12)2-3-11(8)14-10/h2-3,5,7,10,13H,4,6H2,1H3. The quantitative estimate of drug-likeness (QED) is 0.813. The van der Waals surface area contributed by atoms with Gasteiger partial charge in [-0.15, -0.1) is 11.8 Å². The van der Waals surface area contributed by atoms with Crippen LogP contribution in [0.5, 0.6) is 0 Å². The first-order valence-corrected chi connectivity index (χ1v) is 5.66. The summed E-state index contributed by atoms with van der Waals surface area (Å²) in [5, 5.41) is 9.67. The second kappa shape index (κ2) is 3.91. The van der Waals surface area contributed by atoms with Crippen molar-refractivity contribution in [3.05, 3.63) is 29.6 Å². The van der Waals surface area contributed by atoms with Gasteiger partial charge in [-0.3, -0.25) is 0 Å². The molecule has 3 heteroatoms. The fourth-order valence-electron chi connectivity index (χ4n) is 1.80. The molecule has 1 aliphatic heterocycles. The van der Waals surface area contributed by atoms with Gasteiger partial charge in [0.1, 0.15) is 5.82 Å². The first-order valence-electron chi connectivity index (χ1n) is 4.78. The molecule has 2 rings (SSSR count). The molecule has 1 N–H and O–H groups in total. The number of rotatable bonds is 2. The lowest BCUT2D eigenvalue weighted by molar-refractivity contribution is 0.184. The smallest absolute Gasteiger partial charge is 0.123 e. The molecule has 0 bridgehead atoms. The summed E-state index contributed by atoms with van der Waals surface area (Å²) in [5.41, 5.74) is 1.08. The Morgan fingerprint density at radius 3 is 3.14 bits per heavy atom. The number of aliphatic hydroxyl groups is 1. The number of hydrogen-bond donors (Lipinski definition) is 1. The van der Waals surface area contributed by atoms with Crippen LogP contribution in [0, 0.1) is 5.82 Å². The average molecular weight is 212 g/mol. The molecule has 0 saturated carbocycles. The molecule has 14 heavy (non-hydrogen) atoms. The second-order valence-corrected chi connectivity index (χ2v) is 5.12. The van der Waals surface area contributed by atoms with E-state index in [1.54, 1.807) is 24.8 Å². The number of aliphatic hydroxyl groups excluding tert-OH is 1. The van der Waals surface area contributed by atoms with Gasteiger partial charge in [0.25, 0.3) is 0 Å². The van der Waals surface area contributed by atoms with Crippen molar-refractivity contribution in [1.82, 2.24) is 0 Å². The van der Waals surface area contributed by atoms with E-state index in [2.05, 4.69) is 0 Å². The maximum Gasteiger partial charge on any atom is 0.123 e. The highest BCUT2D eigenvalue weighted by Crippen LogP contribution is 2.39. The van der Waals surface area contributed by atoms with Gasteiger partial charge in [0.2, 0.25) is 0 Å². The minimum atomic E-state index is -0.272. The van der Waals surface area contributed by atoms with Gasteiger partial charge in [0.15, 0.2) is 0 Å². The van der Waals surface area contributed by atoms with Crippen LogP contribution in [0.1, 0.15) is 18.9 Å². The predicted octanol–water partition coefficient (Wildman–Crippen LogP) is 2.61. The van der Waals surface area contributed by atoms with E-state index in [0.717, 1.165) is 23.3 Å². The Balaban J connectivity index is 2.10. The lowest BCUT2D eigenvalue weighted by atomic mass is 10.1. The molecule has 2 atom stereocenters. The topological polar surface area (TPSA) is 20.2 Å². The molecule has 1 aromatic rings. The van der Waals surface area contributed by atoms with Crippen LogP contribution in [0.3, 0.4) is 0 Å². The zero-order chi connectivity index (χ0) is 10.1. The zero-order valence-electron chi connectivity index (χ0n) is 8.03. The summed E-state index contributed by atoms with van der Waals surface area (Å²) in [4.78, 5) is 1.16. The Bertz CT molecular complexity index is 338. The monoisotopic (exact) mass is 212 g/mol. The minimum absolute atomic E-state index is 0.165. The van der Waals surface area contributed by atoms with Gasteiger partial charge in [0.05, 0.1) is 6.10 Å². The third-order valence-corrected chi connectivity index (χ3v) is 3.71. The maximum absolute atomic E-state index is 12.9. The Morgan fingerprint density at radius 2 is 2.43 bits per heavy atom. The first kappa shape index (κ1) is 9.99. The molecule has 1 aliphatic rings. The van der Waals surface area contributed by atoms with Crippen LogP contribution in [0.4, 0.5) is 4.39 Å². The Labute approximate surface area is 87.3 Å². The molecule has 0 spiro atoms. The Morgan fingerprint density at radius 1 is 1.64 bits per heavy atom. The number of hydrogen-bond acceptors (Lipinski definition) is 2. The Hall–Kier alpha value is -0.540. The molecule has 1 heterocycles. The van der Waals surface area contributed by atoms with Crippen molar-refractivity contribution < 1.29 is 9.50 Å². The van der Waals surface area contributed by atoms with E-state index in [0.29, 0.717) is 5.25 Å². The van der Waals surface area contributed by atoms with Crippen LogP contribution in [0.2, 0.25) is 0 Å². The van der Waals surface area contributed by atoms with Crippen LogP contribution >= 0.6 is 11.8 Å². The van der Waals surface area contributed by atoms with Crippen molar-refractivity contribution in [3.8, 4) is 0 Å². The van der Waals surface area contributed by atoms with Gasteiger partial charge < -0.3 is 5.11 Å². The first-order chi connectivity index (χ1) is 6.65. The number of fused-ring (bicyclic) bond motifs is 1. The Kier molecular flexibility index (Phi) is 2.79. The van der Waals surface area contributed by atoms with Crippen LogP contribution in [0.15, 0.2) is 23.1 Å². The third-order valence-electron chi connectivity index (χ3n) is 2.37. The van der Waals surface area contributed by atoms with Crippen molar-refractivity contribution in [1.29, 1.82) is 0 Å². The summed E-state index contributed by atoms with van der Waals surface area (Å²) >= 11 is 1.75. The molecule has 1 nitrogen and oxygen atoms in total. The normalized spacial score (nSPS) is 22.1. The lowest BCUT2D eigenvalue weighted by Gasteiger charge is -2.09. The van der Waals surface area contributed by atoms with Crippen molar-refractivity contribution >= 4 is 11.8 Å². The van der Waals surface area contributed by atoms with E-state index in [1.165, 1.54) is 6.07 Å². The fourth-order valence-corrected chi connectivity index (χ4v) is 3.24. The van der Waals surface area contributed by atoms with E-state index >= 15 is 0 Å². The molecule has 0 radical (unpaired) electrons. The van der Waals surface area contributed by atoms with E-state index in [4.69, 9.17) is 0 Å². The molecule has 0 amide bonds. The number of thioether (sulfide) groups is 1. The predicted molar refractivity (Wildman–Crippen MR) is 56.0 cm³/mol. The van der Waals surface area contributed by atoms with E-state index in [1.807, 2.05) is 6.07 Å². The molecule has 0 aliphatic carbocycles. The van der Waals surface area contributed by atoms with Crippen molar-refractivity contribution in [3.63, 3.8) is 0 Å². The van der Waals surface area contributed by atoms with Gasteiger partial charge in [-0.05, 0) is 43.5 Å². The van der Waals surface area contributed by atoms with Crippen molar-refractivity contribution in [2.24, 2.45) is 0 Å². The molecule has 0 aromatic heterocycles. The van der Waals surface area contributed by atoms with Crippen molar-refractivity contribution in [2.75, 3.05) is 0 Å². The van der Waals surface area contributed by atoms with E-state index in [-0.39, 0.29) is 11.9 Å². The molecule has 0 fully saturated rings. The molecule has 1 aromatic carbocycles. The van der Waals surface area contributed by atoms with Gasteiger partial charge in [-0.2, -0.15) is 0 Å². The van der Waals surface area contributed by atoms with Crippen LogP contribution < -0.4 is 0 Å². The van der Waals surface area contributed by atoms with Crippen LogP contribution in [-0.2, 0) is 6.42 Å². The number of halogens is 1. The zero-order valence-corrected chi connectivity index (χ0v) is 8.85. The highest BCUT2D eigenvalue weighted by molar-refractivity contribution is 8.00. The van der Waals surface area contributed by atoms with E-state index < -0.39 is 0 Å². The maximum atomic E-state index is 12.9. The third kappa shape index (κ3) is 2.10. The molecule has 2 unspecified atom stereocenters. The molecular formula is C11H13FOS. The lowest BCUT2D eigenvalue weighted by Crippen LogP contribution is -2.10. The SMILES string of the molecule is CC(O)CC1Cc2cc(F)ccc2S1. The number of benzene rings is 1. The highest BCUT2D eigenvalue weighted by Gasteiger charge is 2.23. The summed E-state index contributed by atoms with van der Waals surface area (Å²) in [6.07, 6.45) is 1.38. The van der Waals surface area contributed by atoms with Gasteiger partial charge in [0, 0.05) is 10.1 Å². The van der Waals surface area contributed by atoms with Crippen LogP contribution in [0.25, 0.3) is 0 Å². The molecule has 76 valence electrons. The summed E-state index contributed by atoms with van der Waals surface area (Å²) in [6, 6.07) is 4.93.